The van der Waals surface area contributed by atoms with Gasteiger partial charge in [-0.1, -0.05) is 49.8 Å². The van der Waals surface area contributed by atoms with Crippen LogP contribution in [0.1, 0.15) is 96.6 Å². The molecule has 4 aliphatic rings. The van der Waals surface area contributed by atoms with Crippen LogP contribution in [0.3, 0.4) is 0 Å². The highest BCUT2D eigenvalue weighted by molar-refractivity contribution is 5.92. The van der Waals surface area contributed by atoms with Crippen molar-refractivity contribution in [2.45, 2.75) is 96.6 Å². The van der Waals surface area contributed by atoms with Gasteiger partial charge < -0.3 is 15.2 Å². The zero-order chi connectivity index (χ0) is 28.7. The maximum absolute atomic E-state index is 13.4. The molecule has 0 bridgehead atoms. The Hall–Kier alpha value is -2.80. The summed E-state index contributed by atoms with van der Waals surface area (Å²) >= 11 is 0. The van der Waals surface area contributed by atoms with Gasteiger partial charge in [0.25, 0.3) is 0 Å². The molecular weight excluding hydrogens is 506 g/mol. The molecule has 216 valence electrons. The summed E-state index contributed by atoms with van der Waals surface area (Å²) in [4.78, 5) is 50.2. The molecule has 0 heterocycles. The van der Waals surface area contributed by atoms with Crippen LogP contribution in [-0.2, 0) is 23.9 Å². The first kappa shape index (κ1) is 28.7. The van der Waals surface area contributed by atoms with Gasteiger partial charge in [-0.3, -0.25) is 19.2 Å². The highest BCUT2D eigenvalue weighted by Crippen LogP contribution is 2.67. The number of hydrogen-bond donors (Lipinski definition) is 2. The summed E-state index contributed by atoms with van der Waals surface area (Å²) in [5.74, 6) is 0.0285. The average Bonchev–Trinajstić information content (AvgIpc) is 3.22. The molecule has 1 aromatic rings. The Morgan fingerprint density at radius 2 is 1.73 bits per heavy atom. The van der Waals surface area contributed by atoms with Crippen LogP contribution in [0, 0.1) is 28.6 Å². The van der Waals surface area contributed by atoms with Crippen molar-refractivity contribution in [3.63, 3.8) is 0 Å². The highest BCUT2D eigenvalue weighted by atomic mass is 16.5. The smallest absolute Gasteiger partial charge is 0.306 e. The van der Waals surface area contributed by atoms with Gasteiger partial charge in [-0.2, -0.15) is 0 Å². The van der Waals surface area contributed by atoms with Crippen molar-refractivity contribution in [1.82, 2.24) is 5.32 Å². The first-order chi connectivity index (χ1) is 19.0. The molecule has 40 heavy (non-hydrogen) atoms. The molecule has 0 saturated heterocycles. The Morgan fingerprint density at radius 1 is 1.00 bits per heavy atom. The number of rotatable bonds is 8. The van der Waals surface area contributed by atoms with E-state index in [0.29, 0.717) is 24.7 Å². The molecule has 4 aliphatic carbocycles. The van der Waals surface area contributed by atoms with E-state index in [-0.39, 0.29) is 41.9 Å². The molecular formula is C33H43NO6. The normalized spacial score (nSPS) is 35.5. The lowest BCUT2D eigenvalue weighted by molar-refractivity contribution is -0.170. The minimum Gasteiger partial charge on any atom is -0.458 e. The van der Waals surface area contributed by atoms with Crippen molar-refractivity contribution in [3.8, 4) is 0 Å². The molecule has 0 aliphatic heterocycles. The maximum atomic E-state index is 13.4. The van der Waals surface area contributed by atoms with Crippen LogP contribution < -0.4 is 5.32 Å². The lowest BCUT2D eigenvalue weighted by Crippen LogP contribution is -2.58. The Bertz CT molecular complexity index is 1210. The number of carbonyl (C=O) groups excluding carboxylic acids is 4. The molecule has 3 saturated carbocycles. The second-order valence-corrected chi connectivity index (χ2v) is 13.1. The SMILES string of the molecule is C[C@@H](NC(=O)CCC(=O)OCC(=O)[C@]1(O)CC[C@@H]2[C@@H]3CCC4=CC(=O)CC[C@]4(C)[C@@H]3CC[C@@]21C)c1ccccc1. The summed E-state index contributed by atoms with van der Waals surface area (Å²) in [6.45, 7) is 5.78. The van der Waals surface area contributed by atoms with Gasteiger partial charge in [0.1, 0.15) is 5.60 Å². The highest BCUT2D eigenvalue weighted by Gasteiger charge is 2.66. The number of fused-ring (bicyclic) bond motifs is 5. The number of benzene rings is 1. The number of ketones is 2. The Kier molecular flexibility index (Phi) is 7.81. The number of ether oxygens (including phenoxy) is 1. The number of amides is 1. The number of allylic oxidation sites excluding steroid dienone is 1. The molecule has 3 fully saturated rings. The first-order valence-electron chi connectivity index (χ1n) is 15.0. The van der Waals surface area contributed by atoms with E-state index in [4.69, 9.17) is 4.74 Å². The van der Waals surface area contributed by atoms with E-state index in [0.717, 1.165) is 44.1 Å². The quantitative estimate of drug-likeness (QED) is 0.441. The molecule has 0 radical (unpaired) electrons. The van der Waals surface area contributed by atoms with Crippen molar-refractivity contribution >= 4 is 23.4 Å². The van der Waals surface area contributed by atoms with Gasteiger partial charge in [-0.05, 0) is 86.7 Å². The standard InChI is InChI=1S/C33H43NO6/c1-21(22-7-5-4-6-8-22)34-29(37)11-12-30(38)40-20-28(36)33(39)18-15-27-25-10-9-23-19-24(35)13-16-31(23,2)26(25)14-17-32(27,33)3/h4-8,19,21,25-27,39H,9-18,20H2,1-3H3,(H,34,37)/t21-,25-,26-,27-,31+,32+,33-/m1/s1. The largest absolute Gasteiger partial charge is 0.458 e. The van der Waals surface area contributed by atoms with Crippen molar-refractivity contribution in [3.05, 3.63) is 47.5 Å². The fraction of sp³-hybridized carbons (Fsp3) is 0.636. The number of aliphatic hydroxyl groups is 1. The van der Waals surface area contributed by atoms with Crippen LogP contribution in [0.15, 0.2) is 42.0 Å². The molecule has 0 aromatic heterocycles. The van der Waals surface area contributed by atoms with E-state index in [1.807, 2.05) is 43.3 Å². The van der Waals surface area contributed by atoms with Crippen LogP contribution in [-0.4, -0.2) is 40.8 Å². The minimum atomic E-state index is -1.52. The number of esters is 1. The van der Waals surface area contributed by atoms with E-state index < -0.39 is 29.4 Å². The van der Waals surface area contributed by atoms with Crippen molar-refractivity contribution in [1.29, 1.82) is 0 Å². The molecule has 7 nitrogen and oxygen atoms in total. The summed E-state index contributed by atoms with van der Waals surface area (Å²) in [6.07, 6.45) is 7.96. The number of hydrogen-bond acceptors (Lipinski definition) is 6. The molecule has 1 aromatic carbocycles. The van der Waals surface area contributed by atoms with Crippen molar-refractivity contribution in [2.24, 2.45) is 28.6 Å². The third-order valence-electron chi connectivity index (χ3n) is 11.2. The van der Waals surface area contributed by atoms with Gasteiger partial charge in [0.15, 0.2) is 12.4 Å². The molecule has 2 N–H and O–H groups in total. The lowest BCUT2D eigenvalue weighted by Gasteiger charge is -2.58. The van der Waals surface area contributed by atoms with Gasteiger partial charge in [0.05, 0.1) is 12.5 Å². The summed E-state index contributed by atoms with van der Waals surface area (Å²) in [7, 11) is 0. The molecule has 1 amide bonds. The summed E-state index contributed by atoms with van der Waals surface area (Å²) in [5, 5.41) is 14.7. The van der Waals surface area contributed by atoms with Gasteiger partial charge in [0.2, 0.25) is 11.7 Å². The molecule has 7 heteroatoms. The first-order valence-corrected chi connectivity index (χ1v) is 15.0. The zero-order valence-electron chi connectivity index (χ0n) is 24.0. The summed E-state index contributed by atoms with van der Waals surface area (Å²) in [6, 6.07) is 9.39. The van der Waals surface area contributed by atoms with E-state index >= 15 is 0 Å². The second-order valence-electron chi connectivity index (χ2n) is 13.1. The minimum absolute atomic E-state index is 0.0296. The van der Waals surface area contributed by atoms with Gasteiger partial charge in [-0.25, -0.2) is 0 Å². The van der Waals surface area contributed by atoms with E-state index in [1.165, 1.54) is 5.57 Å². The summed E-state index contributed by atoms with van der Waals surface area (Å²) in [5.41, 5.74) is 0.220. The fourth-order valence-corrected chi connectivity index (χ4v) is 8.73. The van der Waals surface area contributed by atoms with E-state index in [2.05, 4.69) is 19.2 Å². The van der Waals surface area contributed by atoms with Crippen molar-refractivity contribution in [2.75, 3.05) is 6.61 Å². The van der Waals surface area contributed by atoms with Crippen LogP contribution in [0.5, 0.6) is 0 Å². The van der Waals surface area contributed by atoms with Gasteiger partial charge in [0, 0.05) is 18.3 Å². The zero-order valence-corrected chi connectivity index (χ0v) is 24.0. The van der Waals surface area contributed by atoms with Crippen LogP contribution in [0.25, 0.3) is 0 Å². The average molecular weight is 550 g/mol. The fourth-order valence-electron chi connectivity index (χ4n) is 8.73. The van der Waals surface area contributed by atoms with Gasteiger partial charge >= 0.3 is 5.97 Å². The van der Waals surface area contributed by atoms with Crippen molar-refractivity contribution < 1.29 is 29.0 Å². The topological polar surface area (TPSA) is 110 Å². The Labute approximate surface area is 237 Å². The Balaban J connectivity index is 1.15. The molecule has 0 spiro atoms. The number of nitrogens with one attached hydrogen (secondary N) is 1. The number of Topliss-reactive ketones (excluding diaryl/α,β-unsaturated/α-hetero) is 1. The van der Waals surface area contributed by atoms with E-state index in [1.54, 1.807) is 0 Å². The molecule has 5 rings (SSSR count). The number of carbonyl (C=O) groups is 4. The molecule has 0 unspecified atom stereocenters. The monoisotopic (exact) mass is 549 g/mol. The predicted molar refractivity (Wildman–Crippen MR) is 150 cm³/mol. The summed E-state index contributed by atoms with van der Waals surface area (Å²) < 4.78 is 5.28. The maximum Gasteiger partial charge on any atom is 0.306 e. The third-order valence-corrected chi connectivity index (χ3v) is 11.2. The Morgan fingerprint density at radius 3 is 2.48 bits per heavy atom. The van der Waals surface area contributed by atoms with Crippen LogP contribution in [0.4, 0.5) is 0 Å². The third kappa shape index (κ3) is 4.95. The predicted octanol–water partition coefficient (Wildman–Crippen LogP) is 5.02. The lowest BCUT2D eigenvalue weighted by atomic mass is 9.46. The molecule has 7 atom stereocenters. The van der Waals surface area contributed by atoms with Crippen LogP contribution >= 0.6 is 0 Å². The van der Waals surface area contributed by atoms with Crippen LogP contribution in [0.2, 0.25) is 0 Å². The van der Waals surface area contributed by atoms with E-state index in [9.17, 15) is 24.3 Å². The second kappa shape index (κ2) is 10.9. The van der Waals surface area contributed by atoms with Gasteiger partial charge in [-0.15, -0.1) is 0 Å².